The van der Waals surface area contributed by atoms with Gasteiger partial charge in [-0.05, 0) is 48.2 Å². The van der Waals surface area contributed by atoms with Crippen LogP contribution >= 0.6 is 23.2 Å². The van der Waals surface area contributed by atoms with E-state index in [1.54, 1.807) is 12.1 Å². The number of halogens is 2. The van der Waals surface area contributed by atoms with Crippen LogP contribution in [0.15, 0.2) is 66.0 Å². The van der Waals surface area contributed by atoms with Gasteiger partial charge in [0.25, 0.3) is 0 Å². The summed E-state index contributed by atoms with van der Waals surface area (Å²) in [7, 11) is 0. The number of rotatable bonds is 4. The number of ketones is 1. The number of Topliss-reactive ketones (excluding diaryl/α,β-unsaturated/α-hetero) is 1. The molecule has 2 aromatic rings. The van der Waals surface area contributed by atoms with Crippen LogP contribution in [-0.2, 0) is 11.4 Å². The molecule has 2 aromatic carbocycles. The van der Waals surface area contributed by atoms with E-state index in [0.717, 1.165) is 35.2 Å². The number of benzene rings is 2. The first-order valence-electron chi connectivity index (χ1n) is 9.76. The fraction of sp³-hybridized carbons (Fsp3) is 0.250. The van der Waals surface area contributed by atoms with Gasteiger partial charge in [0.05, 0.1) is 22.0 Å². The van der Waals surface area contributed by atoms with Gasteiger partial charge in [-0.3, -0.25) is 4.79 Å². The van der Waals surface area contributed by atoms with E-state index in [1.165, 1.54) is 0 Å². The molecular formula is C24H20Cl2N2O2. The van der Waals surface area contributed by atoms with Crippen molar-refractivity contribution in [2.24, 2.45) is 5.92 Å². The highest BCUT2D eigenvalue weighted by Crippen LogP contribution is 2.43. The van der Waals surface area contributed by atoms with Crippen LogP contribution < -0.4 is 10.1 Å². The Bertz CT molecular complexity index is 1080. The number of carbonyl (C=O) groups is 1. The number of allylic oxidation sites excluding steroid dienone is 3. The summed E-state index contributed by atoms with van der Waals surface area (Å²) in [5.74, 6) is 0.00107. The standard InChI is InChI=1S/C24H20Cl2N2O2/c1-14-18(12-27)23(24-21(28-14)3-2-4-22(24)29)16-6-8-17(9-7-16)30-13-15-5-10-19(25)20(26)11-15/h5-11,18,23,28H,1-4,13H2. The molecule has 0 aromatic heterocycles. The molecule has 0 saturated carbocycles. The predicted octanol–water partition coefficient (Wildman–Crippen LogP) is 5.92. The second-order valence-electron chi connectivity index (χ2n) is 7.51. The Balaban J connectivity index is 1.57. The zero-order valence-electron chi connectivity index (χ0n) is 16.3. The fourth-order valence-corrected chi connectivity index (χ4v) is 4.39. The number of ether oxygens (including phenoxy) is 1. The SMILES string of the molecule is C=C1NC2=C(C(=O)CCC2)C(c2ccc(OCc3ccc(Cl)c(Cl)c3)cc2)C1C#N. The van der Waals surface area contributed by atoms with Gasteiger partial charge in [-0.1, -0.05) is 48.0 Å². The number of carbonyl (C=O) groups excluding carboxylic acids is 1. The molecule has 1 N–H and O–H groups in total. The molecule has 0 saturated heterocycles. The zero-order valence-corrected chi connectivity index (χ0v) is 17.8. The van der Waals surface area contributed by atoms with Crippen molar-refractivity contribution >= 4 is 29.0 Å². The van der Waals surface area contributed by atoms with Gasteiger partial charge < -0.3 is 10.1 Å². The van der Waals surface area contributed by atoms with Gasteiger partial charge in [-0.25, -0.2) is 0 Å². The lowest BCUT2D eigenvalue weighted by Crippen LogP contribution is -2.36. The Labute approximate surface area is 185 Å². The zero-order chi connectivity index (χ0) is 21.3. The molecule has 4 rings (SSSR count). The number of nitriles is 1. The predicted molar refractivity (Wildman–Crippen MR) is 117 cm³/mol. The average Bonchev–Trinajstić information content (AvgIpc) is 2.74. The maximum atomic E-state index is 12.7. The van der Waals surface area contributed by atoms with Gasteiger partial charge >= 0.3 is 0 Å². The Kier molecular flexibility index (Phi) is 5.85. The highest BCUT2D eigenvalue weighted by molar-refractivity contribution is 6.42. The Morgan fingerprint density at radius 1 is 1.13 bits per heavy atom. The molecule has 1 aliphatic carbocycles. The van der Waals surface area contributed by atoms with Gasteiger partial charge in [-0.2, -0.15) is 5.26 Å². The first-order chi connectivity index (χ1) is 14.5. The Morgan fingerprint density at radius 3 is 2.60 bits per heavy atom. The third kappa shape index (κ3) is 3.96. The number of hydrogen-bond donors (Lipinski definition) is 1. The van der Waals surface area contributed by atoms with E-state index in [-0.39, 0.29) is 11.7 Å². The van der Waals surface area contributed by atoms with Crippen LogP contribution in [0, 0.1) is 17.2 Å². The molecule has 2 aliphatic rings. The molecule has 2 unspecified atom stereocenters. The molecule has 0 bridgehead atoms. The number of nitrogens with zero attached hydrogens (tertiary/aromatic N) is 1. The molecule has 2 atom stereocenters. The molecule has 1 aliphatic heterocycles. The maximum Gasteiger partial charge on any atom is 0.161 e. The third-order valence-corrected chi connectivity index (χ3v) is 6.29. The molecule has 0 spiro atoms. The molecule has 4 nitrogen and oxygen atoms in total. The van der Waals surface area contributed by atoms with Crippen molar-refractivity contribution in [2.45, 2.75) is 31.8 Å². The van der Waals surface area contributed by atoms with Gasteiger partial charge in [0, 0.05) is 29.3 Å². The summed E-state index contributed by atoms with van der Waals surface area (Å²) in [5, 5.41) is 13.9. The smallest absolute Gasteiger partial charge is 0.161 e. The van der Waals surface area contributed by atoms with Crippen LogP contribution in [0.1, 0.15) is 36.3 Å². The maximum absolute atomic E-state index is 12.7. The van der Waals surface area contributed by atoms with Crippen LogP contribution in [-0.4, -0.2) is 5.78 Å². The van der Waals surface area contributed by atoms with Gasteiger partial charge in [-0.15, -0.1) is 0 Å². The first-order valence-corrected chi connectivity index (χ1v) is 10.5. The van der Waals surface area contributed by atoms with Crippen molar-refractivity contribution in [1.29, 1.82) is 5.26 Å². The average molecular weight is 439 g/mol. The number of hydrogen-bond acceptors (Lipinski definition) is 4. The third-order valence-electron chi connectivity index (χ3n) is 5.56. The van der Waals surface area contributed by atoms with Crippen molar-refractivity contribution in [3.8, 4) is 11.8 Å². The Morgan fingerprint density at radius 2 is 1.90 bits per heavy atom. The highest BCUT2D eigenvalue weighted by atomic mass is 35.5. The summed E-state index contributed by atoms with van der Waals surface area (Å²) in [6.45, 7) is 4.38. The van der Waals surface area contributed by atoms with Gasteiger partial charge in [0.15, 0.2) is 5.78 Å². The molecule has 6 heteroatoms. The highest BCUT2D eigenvalue weighted by Gasteiger charge is 2.39. The van der Waals surface area contributed by atoms with E-state index >= 15 is 0 Å². The summed E-state index contributed by atoms with van der Waals surface area (Å²) < 4.78 is 5.86. The van der Waals surface area contributed by atoms with Crippen LogP contribution in [0.5, 0.6) is 5.75 Å². The van der Waals surface area contributed by atoms with Gasteiger partial charge in [0.1, 0.15) is 12.4 Å². The lowest BCUT2D eigenvalue weighted by atomic mass is 9.72. The molecule has 152 valence electrons. The second kappa shape index (κ2) is 8.55. The van der Waals surface area contributed by atoms with Crippen molar-refractivity contribution < 1.29 is 9.53 Å². The monoisotopic (exact) mass is 438 g/mol. The largest absolute Gasteiger partial charge is 0.489 e. The molecule has 1 heterocycles. The summed E-state index contributed by atoms with van der Waals surface area (Å²) in [5.41, 5.74) is 4.11. The van der Waals surface area contributed by atoms with E-state index in [4.69, 9.17) is 27.9 Å². The van der Waals surface area contributed by atoms with Crippen molar-refractivity contribution in [3.63, 3.8) is 0 Å². The van der Waals surface area contributed by atoms with Crippen molar-refractivity contribution in [3.05, 3.63) is 87.2 Å². The summed E-state index contributed by atoms with van der Waals surface area (Å²) in [6.07, 6.45) is 2.15. The normalized spacial score (nSPS) is 21.0. The summed E-state index contributed by atoms with van der Waals surface area (Å²) >= 11 is 12.0. The van der Waals surface area contributed by atoms with Crippen molar-refractivity contribution in [2.75, 3.05) is 0 Å². The summed E-state index contributed by atoms with van der Waals surface area (Å²) in [4.78, 5) is 12.7. The lowest BCUT2D eigenvalue weighted by Gasteiger charge is -2.36. The van der Waals surface area contributed by atoms with E-state index in [0.29, 0.717) is 34.5 Å². The van der Waals surface area contributed by atoms with E-state index in [9.17, 15) is 10.1 Å². The van der Waals surface area contributed by atoms with E-state index < -0.39 is 5.92 Å². The quantitative estimate of drug-likeness (QED) is 0.643. The fourth-order valence-electron chi connectivity index (χ4n) is 4.07. The summed E-state index contributed by atoms with van der Waals surface area (Å²) in [6, 6.07) is 15.3. The molecule has 0 amide bonds. The van der Waals surface area contributed by atoms with Crippen LogP contribution in [0.3, 0.4) is 0 Å². The van der Waals surface area contributed by atoms with Gasteiger partial charge in [0.2, 0.25) is 0 Å². The lowest BCUT2D eigenvalue weighted by molar-refractivity contribution is -0.116. The van der Waals surface area contributed by atoms with E-state index in [2.05, 4.69) is 18.0 Å². The van der Waals surface area contributed by atoms with Crippen LogP contribution in [0.25, 0.3) is 0 Å². The molecular weight excluding hydrogens is 419 g/mol. The molecule has 0 radical (unpaired) electrons. The van der Waals surface area contributed by atoms with Crippen molar-refractivity contribution in [1.82, 2.24) is 5.32 Å². The Hall–Kier alpha value is -2.74. The minimum atomic E-state index is -0.492. The molecule has 0 fully saturated rings. The van der Waals surface area contributed by atoms with Crippen LogP contribution in [0.4, 0.5) is 0 Å². The minimum absolute atomic E-state index is 0.112. The van der Waals surface area contributed by atoms with Crippen LogP contribution in [0.2, 0.25) is 10.0 Å². The topological polar surface area (TPSA) is 62.1 Å². The minimum Gasteiger partial charge on any atom is -0.489 e. The van der Waals surface area contributed by atoms with E-state index in [1.807, 2.05) is 30.3 Å². The second-order valence-corrected chi connectivity index (χ2v) is 8.32. The number of nitrogens with one attached hydrogen (secondary N) is 1. The molecule has 30 heavy (non-hydrogen) atoms. The first kappa shape index (κ1) is 20.5.